The lowest BCUT2D eigenvalue weighted by atomic mass is 9.76. The number of nitrogens with zero attached hydrogens (tertiary/aromatic N) is 5. The molecule has 1 unspecified atom stereocenters. The quantitative estimate of drug-likeness (QED) is 0.293. The van der Waals surface area contributed by atoms with Gasteiger partial charge in [-0.25, -0.2) is 4.98 Å². The molecule has 0 fully saturated rings. The minimum absolute atomic E-state index is 0.0266. The maximum atomic E-state index is 13.2. The summed E-state index contributed by atoms with van der Waals surface area (Å²) in [6, 6.07) is 12.6. The van der Waals surface area contributed by atoms with E-state index in [0.29, 0.717) is 45.0 Å². The summed E-state index contributed by atoms with van der Waals surface area (Å²) in [5.74, 6) is -0.612. The van der Waals surface area contributed by atoms with Crippen LogP contribution in [-0.4, -0.2) is 32.6 Å². The molecule has 1 aromatic carbocycles. The molecule has 2 aromatic heterocycles. The first-order chi connectivity index (χ1) is 18.4. The summed E-state index contributed by atoms with van der Waals surface area (Å²) in [6.45, 7) is 0. The summed E-state index contributed by atoms with van der Waals surface area (Å²) in [7, 11) is 0. The number of allylic oxidation sites excluding steroid dienone is 3. The molecule has 0 radical (unpaired) electrons. The minimum atomic E-state index is -0.582. The van der Waals surface area contributed by atoms with Crippen LogP contribution in [0.5, 0.6) is 0 Å². The van der Waals surface area contributed by atoms with Gasteiger partial charge in [0.15, 0.2) is 15.3 Å². The fraction of sp³-hybridized carbons (Fsp3) is 0.200. The van der Waals surface area contributed by atoms with E-state index in [2.05, 4.69) is 26.6 Å². The van der Waals surface area contributed by atoms with Crippen LogP contribution < -0.4 is 16.0 Å². The number of hydrogen-bond acceptors (Lipinski definition) is 10. The van der Waals surface area contributed by atoms with Gasteiger partial charge in [0.25, 0.3) is 0 Å². The van der Waals surface area contributed by atoms with Crippen molar-refractivity contribution in [2.75, 3.05) is 16.0 Å². The molecule has 3 N–H and O–H groups in total. The van der Waals surface area contributed by atoms with Gasteiger partial charge in [-0.1, -0.05) is 58.4 Å². The number of halogens is 2. The molecular formula is C25H19Cl2N7O2S2. The first kappa shape index (κ1) is 26.2. The highest BCUT2D eigenvalue weighted by molar-refractivity contribution is 8.01. The van der Waals surface area contributed by atoms with Gasteiger partial charge in [-0.15, -0.1) is 10.2 Å². The van der Waals surface area contributed by atoms with Crippen LogP contribution in [0.4, 0.5) is 10.8 Å². The van der Waals surface area contributed by atoms with Crippen LogP contribution >= 0.6 is 46.3 Å². The van der Waals surface area contributed by atoms with Crippen molar-refractivity contribution in [1.29, 1.82) is 5.26 Å². The average Bonchev–Trinajstić information content (AvgIpc) is 3.37. The Balaban J connectivity index is 1.42. The van der Waals surface area contributed by atoms with E-state index in [9.17, 15) is 14.9 Å². The molecule has 13 heteroatoms. The number of nitriles is 1. The van der Waals surface area contributed by atoms with Crippen molar-refractivity contribution in [3.05, 3.63) is 81.0 Å². The SMILES string of the molecule is N#CC1=C(N)N(c2nnc(SCC(=O)Nc3cccnc3Cl)s2)C2=C(C(=O)CCC2)C1c1ccc(Cl)cc1. The van der Waals surface area contributed by atoms with Crippen molar-refractivity contribution in [3.8, 4) is 6.07 Å². The average molecular weight is 585 g/mol. The molecule has 192 valence electrons. The van der Waals surface area contributed by atoms with Crippen LogP contribution in [0, 0.1) is 11.3 Å². The zero-order chi connectivity index (χ0) is 26.8. The van der Waals surface area contributed by atoms with E-state index in [-0.39, 0.29) is 34.0 Å². The first-order valence-corrected chi connectivity index (χ1v) is 14.0. The second kappa shape index (κ2) is 11.1. The fourth-order valence-corrected chi connectivity index (χ4v) is 6.41. The maximum absolute atomic E-state index is 13.2. The number of thioether (sulfide) groups is 1. The van der Waals surface area contributed by atoms with Gasteiger partial charge < -0.3 is 11.1 Å². The van der Waals surface area contributed by atoms with Crippen molar-refractivity contribution >= 4 is 68.8 Å². The van der Waals surface area contributed by atoms with E-state index in [1.807, 2.05) is 12.1 Å². The Morgan fingerprint density at radius 3 is 2.76 bits per heavy atom. The van der Waals surface area contributed by atoms with Gasteiger partial charge in [0.1, 0.15) is 5.82 Å². The zero-order valence-electron chi connectivity index (χ0n) is 19.6. The smallest absolute Gasteiger partial charge is 0.234 e. The summed E-state index contributed by atoms with van der Waals surface area (Å²) in [5.41, 5.74) is 9.28. The first-order valence-electron chi connectivity index (χ1n) is 11.5. The number of ketones is 1. The van der Waals surface area contributed by atoms with Crippen molar-refractivity contribution in [1.82, 2.24) is 15.2 Å². The highest BCUT2D eigenvalue weighted by atomic mass is 35.5. The fourth-order valence-electron chi connectivity index (χ4n) is 4.44. The van der Waals surface area contributed by atoms with E-state index >= 15 is 0 Å². The van der Waals surface area contributed by atoms with Gasteiger partial charge in [-0.2, -0.15) is 5.26 Å². The lowest BCUT2D eigenvalue weighted by molar-refractivity contribution is -0.116. The number of rotatable bonds is 6. The lowest BCUT2D eigenvalue weighted by Gasteiger charge is -2.38. The summed E-state index contributed by atoms with van der Waals surface area (Å²) in [5, 5.41) is 22.5. The van der Waals surface area contributed by atoms with Gasteiger partial charge in [0.05, 0.1) is 29.0 Å². The molecule has 0 saturated heterocycles. The number of nitrogens with two attached hydrogens (primary N) is 1. The highest BCUT2D eigenvalue weighted by Gasteiger charge is 2.41. The van der Waals surface area contributed by atoms with Crippen molar-refractivity contribution in [2.24, 2.45) is 5.73 Å². The highest BCUT2D eigenvalue weighted by Crippen LogP contribution is 2.47. The maximum Gasteiger partial charge on any atom is 0.234 e. The molecule has 3 heterocycles. The summed E-state index contributed by atoms with van der Waals surface area (Å²) in [4.78, 5) is 31.2. The Morgan fingerprint density at radius 1 is 1.24 bits per heavy atom. The number of benzene rings is 1. The van der Waals surface area contributed by atoms with Crippen LogP contribution in [0.15, 0.2) is 69.6 Å². The van der Waals surface area contributed by atoms with Crippen LogP contribution in [0.25, 0.3) is 0 Å². The van der Waals surface area contributed by atoms with Gasteiger partial charge in [-0.3, -0.25) is 14.5 Å². The standard InChI is InChI=1S/C25H19Cl2N7O2S2/c26-14-8-6-13(7-9-14)20-15(11-28)23(29)34(17-4-1-5-18(35)21(17)20)24-32-33-25(38-24)37-12-19(36)31-16-3-2-10-30-22(16)27/h2-3,6-10,20H,1,4-5,12,29H2,(H,31,36). The number of carbonyl (C=O) groups excluding carboxylic acids is 2. The Labute approximate surface area is 236 Å². The largest absolute Gasteiger partial charge is 0.384 e. The van der Waals surface area contributed by atoms with Crippen LogP contribution in [-0.2, 0) is 9.59 Å². The Morgan fingerprint density at radius 2 is 2.03 bits per heavy atom. The summed E-state index contributed by atoms with van der Waals surface area (Å²) in [6.07, 6.45) is 3.18. The van der Waals surface area contributed by atoms with Crippen molar-refractivity contribution < 1.29 is 9.59 Å². The molecule has 0 saturated carbocycles. The van der Waals surface area contributed by atoms with Gasteiger partial charge >= 0.3 is 0 Å². The van der Waals surface area contributed by atoms with E-state index < -0.39 is 5.92 Å². The summed E-state index contributed by atoms with van der Waals surface area (Å²) >= 11 is 14.5. The monoisotopic (exact) mass is 583 g/mol. The number of pyridine rings is 1. The molecule has 1 aliphatic carbocycles. The third-order valence-electron chi connectivity index (χ3n) is 6.06. The van der Waals surface area contributed by atoms with Gasteiger partial charge in [0, 0.05) is 28.9 Å². The summed E-state index contributed by atoms with van der Waals surface area (Å²) < 4.78 is 0.530. The van der Waals surface area contributed by atoms with Crippen molar-refractivity contribution in [3.63, 3.8) is 0 Å². The molecule has 3 aromatic rings. The van der Waals surface area contributed by atoms with Crippen LogP contribution in [0.2, 0.25) is 10.2 Å². The minimum Gasteiger partial charge on any atom is -0.384 e. The normalized spacial score (nSPS) is 17.3. The molecule has 1 atom stereocenters. The van der Waals surface area contributed by atoms with Gasteiger partial charge in [0.2, 0.25) is 11.0 Å². The van der Waals surface area contributed by atoms with Crippen LogP contribution in [0.1, 0.15) is 30.7 Å². The Kier molecular flexibility index (Phi) is 7.67. The number of carbonyl (C=O) groups is 2. The third kappa shape index (κ3) is 5.13. The molecule has 5 rings (SSSR count). The molecule has 0 bridgehead atoms. The lowest BCUT2D eigenvalue weighted by Crippen LogP contribution is -2.38. The Hall–Kier alpha value is -3.43. The second-order valence-corrected chi connectivity index (χ2v) is 11.4. The molecule has 1 amide bonds. The van der Waals surface area contributed by atoms with E-state index in [1.165, 1.54) is 29.3 Å². The number of Topliss-reactive ketones (excluding diaryl/α,β-unsaturated/α-hetero) is 1. The Bertz CT molecular complexity index is 1530. The zero-order valence-corrected chi connectivity index (χ0v) is 22.8. The third-order valence-corrected chi connectivity index (χ3v) is 8.66. The molecule has 1 aliphatic heterocycles. The number of hydrogen-bond donors (Lipinski definition) is 2. The van der Waals surface area contributed by atoms with E-state index in [4.69, 9.17) is 28.9 Å². The number of anilines is 2. The molecular weight excluding hydrogens is 565 g/mol. The predicted octanol–water partition coefficient (Wildman–Crippen LogP) is 5.28. The number of aromatic nitrogens is 3. The molecule has 0 spiro atoms. The topological polar surface area (TPSA) is 138 Å². The van der Waals surface area contributed by atoms with Crippen LogP contribution in [0.3, 0.4) is 0 Å². The van der Waals surface area contributed by atoms with E-state index in [0.717, 1.165) is 11.3 Å². The molecule has 2 aliphatic rings. The van der Waals surface area contributed by atoms with Crippen molar-refractivity contribution in [2.45, 2.75) is 29.5 Å². The second-order valence-electron chi connectivity index (χ2n) is 8.40. The van der Waals surface area contributed by atoms with Gasteiger partial charge in [-0.05, 0) is 42.7 Å². The van der Waals surface area contributed by atoms with E-state index in [1.54, 1.807) is 29.2 Å². The number of nitrogens with one attached hydrogen (secondary N) is 1. The predicted molar refractivity (Wildman–Crippen MR) is 148 cm³/mol. The molecule has 38 heavy (non-hydrogen) atoms. The number of amides is 1. The molecule has 9 nitrogen and oxygen atoms in total.